The predicted octanol–water partition coefficient (Wildman–Crippen LogP) is 3.59. The zero-order valence-corrected chi connectivity index (χ0v) is 14.4. The molecule has 24 heavy (non-hydrogen) atoms. The second-order valence-electron chi connectivity index (χ2n) is 6.16. The van der Waals surface area contributed by atoms with Crippen LogP contribution in [0.25, 0.3) is 0 Å². The minimum absolute atomic E-state index is 0.0536. The van der Waals surface area contributed by atoms with Crippen molar-refractivity contribution in [3.8, 4) is 0 Å². The molecule has 2 aromatic rings. The SMILES string of the molecule is CCCCCNc1cc(C(=O)N2CCc3ccccc32)nc(C)n1. The van der Waals surface area contributed by atoms with Gasteiger partial charge in [-0.15, -0.1) is 0 Å². The monoisotopic (exact) mass is 324 g/mol. The van der Waals surface area contributed by atoms with Gasteiger partial charge in [0.15, 0.2) is 0 Å². The van der Waals surface area contributed by atoms with Gasteiger partial charge >= 0.3 is 0 Å². The number of carbonyl (C=O) groups excluding carboxylic acids is 1. The standard InChI is InChI=1S/C19H24N4O/c1-3-4-7-11-20-18-13-16(21-14(2)22-18)19(24)23-12-10-15-8-5-6-9-17(15)23/h5-6,8-9,13H,3-4,7,10-12H2,1-2H3,(H,20,21,22). The van der Waals surface area contributed by atoms with E-state index in [9.17, 15) is 4.79 Å². The van der Waals surface area contributed by atoms with E-state index in [0.29, 0.717) is 18.1 Å². The number of nitrogens with zero attached hydrogens (tertiary/aromatic N) is 3. The lowest BCUT2D eigenvalue weighted by atomic mass is 10.2. The molecular formula is C19H24N4O. The molecule has 1 aromatic carbocycles. The van der Waals surface area contributed by atoms with Gasteiger partial charge in [0.1, 0.15) is 17.3 Å². The Labute approximate surface area is 143 Å². The van der Waals surface area contributed by atoms with E-state index in [1.165, 1.54) is 18.4 Å². The molecule has 0 radical (unpaired) electrons. The van der Waals surface area contributed by atoms with Crippen molar-refractivity contribution in [2.24, 2.45) is 0 Å². The van der Waals surface area contributed by atoms with Crippen LogP contribution in [0.2, 0.25) is 0 Å². The first-order valence-electron chi connectivity index (χ1n) is 8.68. The predicted molar refractivity (Wildman–Crippen MR) is 96.6 cm³/mol. The van der Waals surface area contributed by atoms with Crippen LogP contribution in [0.3, 0.4) is 0 Å². The molecule has 0 aliphatic carbocycles. The van der Waals surface area contributed by atoms with Crippen molar-refractivity contribution >= 4 is 17.4 Å². The van der Waals surface area contributed by atoms with Crippen molar-refractivity contribution in [1.29, 1.82) is 0 Å². The average molecular weight is 324 g/mol. The molecule has 5 heteroatoms. The van der Waals surface area contributed by atoms with Crippen LogP contribution >= 0.6 is 0 Å². The molecule has 1 aromatic heterocycles. The normalized spacial score (nSPS) is 13.0. The number of anilines is 2. The van der Waals surface area contributed by atoms with Gasteiger partial charge in [-0.25, -0.2) is 9.97 Å². The highest BCUT2D eigenvalue weighted by atomic mass is 16.2. The molecular weight excluding hydrogens is 300 g/mol. The van der Waals surface area contributed by atoms with E-state index in [2.05, 4.69) is 28.3 Å². The van der Waals surface area contributed by atoms with Gasteiger partial charge in [0.05, 0.1) is 0 Å². The van der Waals surface area contributed by atoms with Crippen LogP contribution in [0.4, 0.5) is 11.5 Å². The Morgan fingerprint density at radius 1 is 1.25 bits per heavy atom. The van der Waals surface area contributed by atoms with Crippen LogP contribution in [0.15, 0.2) is 30.3 Å². The number of rotatable bonds is 6. The summed E-state index contributed by atoms with van der Waals surface area (Å²) >= 11 is 0. The van der Waals surface area contributed by atoms with Crippen LogP contribution in [-0.2, 0) is 6.42 Å². The Bertz CT molecular complexity index is 729. The summed E-state index contributed by atoms with van der Waals surface area (Å²) in [6.07, 6.45) is 4.37. The van der Waals surface area contributed by atoms with Gasteiger partial charge in [-0.2, -0.15) is 0 Å². The fourth-order valence-electron chi connectivity index (χ4n) is 3.05. The lowest BCUT2D eigenvalue weighted by Crippen LogP contribution is -2.30. The Hall–Kier alpha value is -2.43. The minimum atomic E-state index is -0.0536. The number of hydrogen-bond donors (Lipinski definition) is 1. The molecule has 0 saturated carbocycles. The van der Waals surface area contributed by atoms with Gasteiger partial charge in [0, 0.05) is 24.8 Å². The molecule has 0 saturated heterocycles. The molecule has 1 N–H and O–H groups in total. The van der Waals surface area contributed by atoms with Gasteiger partial charge < -0.3 is 10.2 Å². The van der Waals surface area contributed by atoms with Crippen molar-refractivity contribution in [1.82, 2.24) is 9.97 Å². The van der Waals surface area contributed by atoms with Crippen LogP contribution < -0.4 is 10.2 Å². The number of para-hydroxylation sites is 1. The topological polar surface area (TPSA) is 58.1 Å². The van der Waals surface area contributed by atoms with Crippen LogP contribution in [0.5, 0.6) is 0 Å². The third kappa shape index (κ3) is 3.55. The molecule has 0 spiro atoms. The zero-order chi connectivity index (χ0) is 16.9. The molecule has 0 atom stereocenters. The van der Waals surface area contributed by atoms with E-state index < -0.39 is 0 Å². The molecule has 3 rings (SSSR count). The number of hydrogen-bond acceptors (Lipinski definition) is 4. The summed E-state index contributed by atoms with van der Waals surface area (Å²) in [5.41, 5.74) is 2.67. The van der Waals surface area contributed by atoms with Crippen LogP contribution in [0.1, 0.15) is 48.1 Å². The first kappa shape index (κ1) is 16.4. The summed E-state index contributed by atoms with van der Waals surface area (Å²) in [7, 11) is 0. The third-order valence-electron chi connectivity index (χ3n) is 4.28. The smallest absolute Gasteiger partial charge is 0.277 e. The van der Waals surface area contributed by atoms with Crippen LogP contribution in [-0.4, -0.2) is 29.0 Å². The first-order chi connectivity index (χ1) is 11.7. The maximum Gasteiger partial charge on any atom is 0.277 e. The number of carbonyl (C=O) groups is 1. The summed E-state index contributed by atoms with van der Waals surface area (Å²) in [6, 6.07) is 9.82. The number of aromatic nitrogens is 2. The van der Waals surface area contributed by atoms with Crippen molar-refractivity contribution in [2.45, 2.75) is 39.5 Å². The number of nitrogens with one attached hydrogen (secondary N) is 1. The molecule has 0 unspecified atom stereocenters. The Kier molecular flexibility index (Phi) is 5.08. The van der Waals surface area contributed by atoms with E-state index >= 15 is 0 Å². The molecule has 2 heterocycles. The van der Waals surface area contributed by atoms with E-state index in [1.54, 1.807) is 6.07 Å². The fraction of sp³-hybridized carbons (Fsp3) is 0.421. The summed E-state index contributed by atoms with van der Waals surface area (Å²) in [6.45, 7) is 5.58. The summed E-state index contributed by atoms with van der Waals surface area (Å²) in [5, 5.41) is 3.30. The molecule has 0 fully saturated rings. The number of fused-ring (bicyclic) bond motifs is 1. The minimum Gasteiger partial charge on any atom is -0.370 e. The van der Waals surface area contributed by atoms with Gasteiger partial charge in [-0.3, -0.25) is 4.79 Å². The van der Waals surface area contributed by atoms with Crippen molar-refractivity contribution in [3.63, 3.8) is 0 Å². The highest BCUT2D eigenvalue weighted by Gasteiger charge is 2.26. The zero-order valence-electron chi connectivity index (χ0n) is 14.4. The molecule has 1 aliphatic rings. The number of amides is 1. The number of benzene rings is 1. The Morgan fingerprint density at radius 3 is 2.92 bits per heavy atom. The molecule has 1 amide bonds. The largest absolute Gasteiger partial charge is 0.370 e. The Morgan fingerprint density at radius 2 is 2.08 bits per heavy atom. The average Bonchev–Trinajstić information content (AvgIpc) is 3.02. The lowest BCUT2D eigenvalue weighted by Gasteiger charge is -2.17. The van der Waals surface area contributed by atoms with Gasteiger partial charge in [0.2, 0.25) is 0 Å². The second-order valence-corrected chi connectivity index (χ2v) is 6.16. The van der Waals surface area contributed by atoms with Crippen LogP contribution in [0, 0.1) is 6.92 Å². The first-order valence-corrected chi connectivity index (χ1v) is 8.68. The summed E-state index contributed by atoms with van der Waals surface area (Å²) in [5.74, 6) is 1.29. The van der Waals surface area contributed by atoms with Gasteiger partial charge in [-0.05, 0) is 31.4 Å². The van der Waals surface area contributed by atoms with Crippen molar-refractivity contribution in [2.75, 3.05) is 23.3 Å². The van der Waals surface area contributed by atoms with E-state index in [0.717, 1.165) is 30.9 Å². The fourth-order valence-corrected chi connectivity index (χ4v) is 3.05. The van der Waals surface area contributed by atoms with E-state index in [-0.39, 0.29) is 5.91 Å². The maximum absolute atomic E-state index is 12.9. The molecule has 1 aliphatic heterocycles. The van der Waals surface area contributed by atoms with Crippen molar-refractivity contribution < 1.29 is 4.79 Å². The van der Waals surface area contributed by atoms with Crippen molar-refractivity contribution in [3.05, 3.63) is 47.4 Å². The second kappa shape index (κ2) is 7.43. The quantitative estimate of drug-likeness (QED) is 0.825. The number of aryl methyl sites for hydroxylation is 1. The van der Waals surface area contributed by atoms with E-state index in [4.69, 9.17) is 0 Å². The lowest BCUT2D eigenvalue weighted by molar-refractivity contribution is 0.0984. The number of unbranched alkanes of at least 4 members (excludes halogenated alkanes) is 2. The maximum atomic E-state index is 12.9. The summed E-state index contributed by atoms with van der Waals surface area (Å²) in [4.78, 5) is 23.5. The summed E-state index contributed by atoms with van der Waals surface area (Å²) < 4.78 is 0. The van der Waals surface area contributed by atoms with E-state index in [1.807, 2.05) is 30.0 Å². The molecule has 0 bridgehead atoms. The molecule has 5 nitrogen and oxygen atoms in total. The Balaban J connectivity index is 1.77. The third-order valence-corrected chi connectivity index (χ3v) is 4.28. The van der Waals surface area contributed by atoms with Gasteiger partial charge in [0.25, 0.3) is 5.91 Å². The highest BCUT2D eigenvalue weighted by Crippen LogP contribution is 2.28. The van der Waals surface area contributed by atoms with Gasteiger partial charge in [-0.1, -0.05) is 38.0 Å². The highest BCUT2D eigenvalue weighted by molar-refractivity contribution is 6.06. The molecule has 126 valence electrons.